The van der Waals surface area contributed by atoms with E-state index in [0.717, 1.165) is 22.3 Å². The molecule has 4 aromatic rings. The van der Waals surface area contributed by atoms with Gasteiger partial charge in [-0.15, -0.1) is 0 Å². The molecule has 2 heterocycles. The first-order chi connectivity index (χ1) is 22.3. The Kier molecular flexibility index (Phi) is 10.7. The summed E-state index contributed by atoms with van der Waals surface area (Å²) in [5, 5.41) is 0. The highest BCUT2D eigenvalue weighted by Crippen LogP contribution is 2.34. The molecule has 2 aliphatic rings. The Hall–Kier alpha value is -5.10. The molecular formula is C40H42N2O4. The number of amides is 2. The highest BCUT2D eigenvalue weighted by atomic mass is 16.6. The van der Waals surface area contributed by atoms with Gasteiger partial charge in [0.1, 0.15) is 13.2 Å². The third-order valence-corrected chi connectivity index (χ3v) is 8.57. The Morgan fingerprint density at radius 3 is 1.15 bits per heavy atom. The Morgan fingerprint density at radius 2 is 0.870 bits per heavy atom. The lowest BCUT2D eigenvalue weighted by Gasteiger charge is -2.21. The lowest BCUT2D eigenvalue weighted by molar-refractivity contribution is 0.165. The van der Waals surface area contributed by atoms with Gasteiger partial charge in [0, 0.05) is 24.2 Å². The summed E-state index contributed by atoms with van der Waals surface area (Å²) in [6, 6.07) is 41.2. The van der Waals surface area contributed by atoms with Gasteiger partial charge in [-0.05, 0) is 47.2 Å². The Balaban J connectivity index is 0.000000181. The summed E-state index contributed by atoms with van der Waals surface area (Å²) in [6.45, 7) is 9.21. The molecule has 4 aromatic carbocycles. The maximum absolute atomic E-state index is 12.0. The number of hydrogen-bond donors (Lipinski definition) is 0. The second kappa shape index (κ2) is 15.3. The predicted octanol–water partition coefficient (Wildman–Crippen LogP) is 9.34. The number of allylic oxidation sites excluding steroid dienone is 2. The Bertz CT molecular complexity index is 1510. The number of cyclic esters (lactones) is 2. The largest absolute Gasteiger partial charge is 0.447 e. The smallest absolute Gasteiger partial charge is 0.414 e. The molecule has 0 spiro atoms. The fourth-order valence-corrected chi connectivity index (χ4v) is 5.69. The molecule has 6 rings (SSSR count). The minimum atomic E-state index is -0.272. The number of carbonyl (C=O) groups is 2. The number of rotatable bonds is 8. The van der Waals surface area contributed by atoms with E-state index in [0.29, 0.717) is 13.2 Å². The number of ether oxygens (including phenoxy) is 2. The summed E-state index contributed by atoms with van der Waals surface area (Å²) < 4.78 is 10.3. The molecule has 2 fully saturated rings. The first-order valence-electron chi connectivity index (χ1n) is 15.9. The van der Waals surface area contributed by atoms with Gasteiger partial charge < -0.3 is 9.47 Å². The predicted molar refractivity (Wildman–Crippen MR) is 184 cm³/mol. The van der Waals surface area contributed by atoms with E-state index in [9.17, 15) is 9.59 Å². The number of carbonyl (C=O) groups excluding carboxylic acids is 2. The maximum atomic E-state index is 12.0. The molecule has 46 heavy (non-hydrogen) atoms. The van der Waals surface area contributed by atoms with Crippen LogP contribution in [0.4, 0.5) is 9.59 Å². The molecule has 0 aromatic heterocycles. The average molecular weight is 615 g/mol. The van der Waals surface area contributed by atoms with Crippen molar-refractivity contribution in [3.8, 4) is 0 Å². The van der Waals surface area contributed by atoms with Crippen molar-refractivity contribution < 1.29 is 19.1 Å². The van der Waals surface area contributed by atoms with Crippen LogP contribution in [0.3, 0.4) is 0 Å². The van der Waals surface area contributed by atoms with Crippen LogP contribution in [-0.4, -0.2) is 47.3 Å². The zero-order valence-electron chi connectivity index (χ0n) is 27.0. The third-order valence-electron chi connectivity index (χ3n) is 8.57. The van der Waals surface area contributed by atoms with E-state index in [1.165, 1.54) is 11.1 Å². The van der Waals surface area contributed by atoms with Gasteiger partial charge in [-0.3, -0.25) is 9.80 Å². The van der Waals surface area contributed by atoms with Gasteiger partial charge >= 0.3 is 12.2 Å². The molecule has 0 bridgehead atoms. The van der Waals surface area contributed by atoms with E-state index in [-0.39, 0.29) is 36.1 Å². The van der Waals surface area contributed by atoms with Crippen LogP contribution in [0.15, 0.2) is 134 Å². The van der Waals surface area contributed by atoms with E-state index < -0.39 is 0 Å². The van der Waals surface area contributed by atoms with E-state index in [1.807, 2.05) is 99.0 Å². The van der Waals surface area contributed by atoms with Gasteiger partial charge in [0.15, 0.2) is 0 Å². The van der Waals surface area contributed by atoms with Gasteiger partial charge in [0.25, 0.3) is 0 Å². The highest BCUT2D eigenvalue weighted by Gasteiger charge is 2.30. The molecule has 0 unspecified atom stereocenters. The first-order valence-corrected chi connectivity index (χ1v) is 15.9. The van der Waals surface area contributed by atoms with E-state index in [1.54, 1.807) is 9.80 Å². The van der Waals surface area contributed by atoms with Crippen LogP contribution in [0.1, 0.15) is 61.8 Å². The zero-order chi connectivity index (χ0) is 32.5. The zero-order valence-corrected chi connectivity index (χ0v) is 27.0. The van der Waals surface area contributed by atoms with E-state index in [4.69, 9.17) is 9.47 Å². The number of hydrogen-bond acceptors (Lipinski definition) is 4. The van der Waals surface area contributed by atoms with E-state index >= 15 is 0 Å². The fourth-order valence-electron chi connectivity index (χ4n) is 5.69. The molecule has 6 heteroatoms. The Morgan fingerprint density at radius 1 is 0.565 bits per heavy atom. The monoisotopic (exact) mass is 614 g/mol. The summed E-state index contributed by atoms with van der Waals surface area (Å²) in [7, 11) is 0. The van der Waals surface area contributed by atoms with Crippen LogP contribution in [0.5, 0.6) is 0 Å². The summed E-state index contributed by atoms with van der Waals surface area (Å²) in [4.78, 5) is 27.3. The standard InChI is InChI=1S/2C20H21NO2/c2*1-15-14-23-20(22)21(15)13-19(18-11-7-4-8-12-18)16(2)17-9-5-3-6-10-17/h2*3-13,15-16H,14H2,1-2H3/b2*19-13+/t15-,16+;15-,16-/m00/s1. The van der Waals surface area contributed by atoms with Crippen molar-refractivity contribution in [2.45, 2.75) is 51.6 Å². The van der Waals surface area contributed by atoms with Crippen LogP contribution >= 0.6 is 0 Å². The normalized spacial score (nSPS) is 19.6. The summed E-state index contributed by atoms with van der Waals surface area (Å²) in [5.41, 5.74) is 6.92. The van der Waals surface area contributed by atoms with Gasteiger partial charge in [0.2, 0.25) is 0 Å². The number of benzene rings is 4. The lowest BCUT2D eigenvalue weighted by Crippen LogP contribution is -2.26. The molecule has 2 saturated heterocycles. The summed E-state index contributed by atoms with van der Waals surface area (Å²) in [5.74, 6) is 0.360. The summed E-state index contributed by atoms with van der Waals surface area (Å²) in [6.07, 6.45) is 3.36. The van der Waals surface area contributed by atoms with Crippen LogP contribution < -0.4 is 0 Å². The minimum absolute atomic E-state index is 0.0594. The second-order valence-corrected chi connectivity index (χ2v) is 11.8. The molecule has 2 aliphatic heterocycles. The maximum Gasteiger partial charge on any atom is 0.414 e. The van der Waals surface area contributed by atoms with Gasteiger partial charge in [-0.2, -0.15) is 0 Å². The molecule has 0 aliphatic carbocycles. The van der Waals surface area contributed by atoms with Crippen molar-refractivity contribution in [1.29, 1.82) is 0 Å². The SMILES string of the molecule is C[C@@H](/C(=C\N1C(=O)OC[C@@H]1C)c1ccccc1)c1ccccc1.C[C@H](/C(=C\N1C(=O)OC[C@@H]1C)c1ccccc1)c1ccccc1. The van der Waals surface area contributed by atoms with Crippen molar-refractivity contribution in [3.05, 3.63) is 156 Å². The molecule has 2 amide bonds. The molecule has 6 nitrogen and oxygen atoms in total. The molecular weight excluding hydrogens is 572 g/mol. The first kappa shape index (κ1) is 32.3. The molecule has 236 valence electrons. The Labute approximate surface area is 272 Å². The minimum Gasteiger partial charge on any atom is -0.447 e. The highest BCUT2D eigenvalue weighted by molar-refractivity contribution is 5.78. The van der Waals surface area contributed by atoms with Crippen molar-refractivity contribution >= 4 is 23.3 Å². The van der Waals surface area contributed by atoms with Crippen molar-refractivity contribution in [1.82, 2.24) is 9.80 Å². The van der Waals surface area contributed by atoms with Crippen molar-refractivity contribution in [2.75, 3.05) is 13.2 Å². The number of nitrogens with zero attached hydrogens (tertiary/aromatic N) is 2. The van der Waals surface area contributed by atoms with Crippen LogP contribution in [0.25, 0.3) is 11.1 Å². The fraction of sp³-hybridized carbons (Fsp3) is 0.250. The van der Waals surface area contributed by atoms with Crippen LogP contribution in [-0.2, 0) is 9.47 Å². The summed E-state index contributed by atoms with van der Waals surface area (Å²) >= 11 is 0. The van der Waals surface area contributed by atoms with Gasteiger partial charge in [-0.1, -0.05) is 135 Å². The van der Waals surface area contributed by atoms with Gasteiger partial charge in [-0.25, -0.2) is 9.59 Å². The van der Waals surface area contributed by atoms with Crippen LogP contribution in [0, 0.1) is 0 Å². The quantitative estimate of drug-likeness (QED) is 0.198. The molecule has 0 N–H and O–H groups in total. The topological polar surface area (TPSA) is 59.1 Å². The van der Waals surface area contributed by atoms with Crippen LogP contribution in [0.2, 0.25) is 0 Å². The average Bonchev–Trinajstić information content (AvgIpc) is 3.60. The second-order valence-electron chi connectivity index (χ2n) is 11.8. The third kappa shape index (κ3) is 7.75. The van der Waals surface area contributed by atoms with Crippen molar-refractivity contribution in [2.24, 2.45) is 0 Å². The van der Waals surface area contributed by atoms with Crippen molar-refractivity contribution in [3.63, 3.8) is 0 Å². The molecule has 0 radical (unpaired) electrons. The molecule has 0 saturated carbocycles. The lowest BCUT2D eigenvalue weighted by atomic mass is 9.88. The van der Waals surface area contributed by atoms with Gasteiger partial charge in [0.05, 0.1) is 12.1 Å². The molecule has 4 atom stereocenters. The van der Waals surface area contributed by atoms with E-state index in [2.05, 4.69) is 62.4 Å².